The summed E-state index contributed by atoms with van der Waals surface area (Å²) in [6.07, 6.45) is 11.5. The summed E-state index contributed by atoms with van der Waals surface area (Å²) in [7, 11) is 0. The normalized spacial score (nSPS) is 29.5. The maximum absolute atomic E-state index is 3.78. The lowest BCUT2D eigenvalue weighted by Crippen LogP contribution is -2.63. The molecule has 2 rings (SSSR count). The third-order valence-electron chi connectivity index (χ3n) is 5.10. The van der Waals surface area contributed by atoms with E-state index in [-0.39, 0.29) is 0 Å². The van der Waals surface area contributed by atoms with Crippen LogP contribution in [0.3, 0.4) is 0 Å². The molecule has 1 N–H and O–H groups in total. The minimum atomic E-state index is 0.303. The molecule has 0 spiro atoms. The molecule has 1 saturated carbocycles. The van der Waals surface area contributed by atoms with Crippen LogP contribution in [0.1, 0.15) is 72.1 Å². The zero-order chi connectivity index (χ0) is 13.7. The Morgan fingerprint density at radius 3 is 2.53 bits per heavy atom. The zero-order valence-corrected chi connectivity index (χ0v) is 13.4. The standard InChI is InChI=1S/C17H34N2/c1-4-5-9-12-19-14-17(2,3)18-13-16(19)15-10-7-6-8-11-15/h15-16,18H,4-14H2,1-3H3. The highest BCUT2D eigenvalue weighted by Gasteiger charge is 2.36. The lowest BCUT2D eigenvalue weighted by Gasteiger charge is -2.48. The SMILES string of the molecule is CCCCCN1CC(C)(C)NCC1C1CCCCC1. The molecule has 0 aromatic rings. The second kappa shape index (κ2) is 7.08. The van der Waals surface area contributed by atoms with Gasteiger partial charge in [0.25, 0.3) is 0 Å². The van der Waals surface area contributed by atoms with Gasteiger partial charge in [0.15, 0.2) is 0 Å². The van der Waals surface area contributed by atoms with E-state index in [4.69, 9.17) is 0 Å². The molecule has 1 atom stereocenters. The first-order chi connectivity index (χ1) is 9.12. The summed E-state index contributed by atoms with van der Waals surface area (Å²) in [6.45, 7) is 10.8. The number of hydrogen-bond acceptors (Lipinski definition) is 2. The van der Waals surface area contributed by atoms with Crippen LogP contribution in [0.5, 0.6) is 0 Å². The molecule has 0 aromatic heterocycles. The number of unbranched alkanes of at least 4 members (excludes halogenated alkanes) is 2. The molecule has 1 aliphatic carbocycles. The maximum atomic E-state index is 3.78. The predicted molar refractivity (Wildman–Crippen MR) is 83.5 cm³/mol. The third-order valence-corrected chi connectivity index (χ3v) is 5.10. The Hall–Kier alpha value is -0.0800. The third kappa shape index (κ3) is 4.46. The molecule has 0 radical (unpaired) electrons. The van der Waals surface area contributed by atoms with Crippen LogP contribution in [-0.2, 0) is 0 Å². The minimum Gasteiger partial charge on any atom is -0.309 e. The Morgan fingerprint density at radius 1 is 1.11 bits per heavy atom. The lowest BCUT2D eigenvalue weighted by molar-refractivity contribution is 0.0467. The van der Waals surface area contributed by atoms with Gasteiger partial charge >= 0.3 is 0 Å². The van der Waals surface area contributed by atoms with Crippen molar-refractivity contribution in [2.24, 2.45) is 5.92 Å². The van der Waals surface area contributed by atoms with Crippen LogP contribution < -0.4 is 5.32 Å². The number of nitrogens with one attached hydrogen (secondary N) is 1. The molecule has 2 aliphatic rings. The van der Waals surface area contributed by atoms with E-state index in [2.05, 4.69) is 31.0 Å². The highest BCUT2D eigenvalue weighted by molar-refractivity contribution is 4.95. The van der Waals surface area contributed by atoms with E-state index in [1.54, 1.807) is 0 Å². The van der Waals surface area contributed by atoms with Gasteiger partial charge < -0.3 is 5.32 Å². The Balaban J connectivity index is 1.93. The van der Waals surface area contributed by atoms with Gasteiger partial charge in [-0.1, -0.05) is 39.0 Å². The van der Waals surface area contributed by atoms with Gasteiger partial charge in [-0.3, -0.25) is 4.90 Å². The van der Waals surface area contributed by atoms with Crippen LogP contribution in [0.4, 0.5) is 0 Å². The van der Waals surface area contributed by atoms with Crippen molar-refractivity contribution in [3.05, 3.63) is 0 Å². The quantitative estimate of drug-likeness (QED) is 0.761. The van der Waals surface area contributed by atoms with Gasteiger partial charge in [-0.2, -0.15) is 0 Å². The first-order valence-electron chi connectivity index (χ1n) is 8.61. The van der Waals surface area contributed by atoms with E-state index in [0.29, 0.717) is 5.54 Å². The fourth-order valence-electron chi connectivity index (χ4n) is 3.98. The fraction of sp³-hybridized carbons (Fsp3) is 1.00. The topological polar surface area (TPSA) is 15.3 Å². The van der Waals surface area contributed by atoms with Gasteiger partial charge in [0, 0.05) is 24.7 Å². The smallest absolute Gasteiger partial charge is 0.0252 e. The molecule has 1 saturated heterocycles. The van der Waals surface area contributed by atoms with Gasteiger partial charge in [-0.25, -0.2) is 0 Å². The summed E-state index contributed by atoms with van der Waals surface area (Å²) in [5.74, 6) is 0.957. The second-order valence-corrected chi connectivity index (χ2v) is 7.41. The molecule has 2 heteroatoms. The highest BCUT2D eigenvalue weighted by Crippen LogP contribution is 2.31. The first-order valence-corrected chi connectivity index (χ1v) is 8.61. The summed E-state index contributed by atoms with van der Waals surface area (Å²) >= 11 is 0. The summed E-state index contributed by atoms with van der Waals surface area (Å²) in [5, 5.41) is 3.78. The van der Waals surface area contributed by atoms with E-state index >= 15 is 0 Å². The van der Waals surface area contributed by atoms with E-state index in [1.165, 1.54) is 71.0 Å². The van der Waals surface area contributed by atoms with Crippen molar-refractivity contribution in [3.63, 3.8) is 0 Å². The Labute approximate surface area is 120 Å². The van der Waals surface area contributed by atoms with E-state index < -0.39 is 0 Å². The predicted octanol–water partition coefficient (Wildman–Crippen LogP) is 3.81. The number of rotatable bonds is 5. The Morgan fingerprint density at radius 2 is 1.84 bits per heavy atom. The van der Waals surface area contributed by atoms with Crippen molar-refractivity contribution in [2.45, 2.75) is 83.7 Å². The van der Waals surface area contributed by atoms with E-state index in [9.17, 15) is 0 Å². The monoisotopic (exact) mass is 266 g/mol. The number of hydrogen-bond donors (Lipinski definition) is 1. The molecule has 2 nitrogen and oxygen atoms in total. The molecule has 0 bridgehead atoms. The molecule has 0 amide bonds. The highest BCUT2D eigenvalue weighted by atomic mass is 15.2. The van der Waals surface area contributed by atoms with Crippen molar-refractivity contribution >= 4 is 0 Å². The summed E-state index contributed by atoms with van der Waals surface area (Å²) in [6, 6.07) is 0.810. The van der Waals surface area contributed by atoms with Gasteiger partial charge in [-0.05, 0) is 45.6 Å². The number of piperazine rings is 1. The largest absolute Gasteiger partial charge is 0.309 e. The Bertz CT molecular complexity index is 256. The first kappa shape index (κ1) is 15.3. The maximum Gasteiger partial charge on any atom is 0.0252 e. The average Bonchev–Trinajstić information content (AvgIpc) is 2.39. The van der Waals surface area contributed by atoms with Crippen LogP contribution in [0.15, 0.2) is 0 Å². The van der Waals surface area contributed by atoms with Crippen molar-refractivity contribution in [1.29, 1.82) is 0 Å². The molecule has 19 heavy (non-hydrogen) atoms. The molecular formula is C17H34N2. The lowest BCUT2D eigenvalue weighted by atomic mass is 9.81. The second-order valence-electron chi connectivity index (χ2n) is 7.41. The summed E-state index contributed by atoms with van der Waals surface area (Å²) in [5.41, 5.74) is 0.303. The average molecular weight is 266 g/mol. The van der Waals surface area contributed by atoms with Gasteiger partial charge in [0.1, 0.15) is 0 Å². The summed E-state index contributed by atoms with van der Waals surface area (Å²) < 4.78 is 0. The summed E-state index contributed by atoms with van der Waals surface area (Å²) in [4.78, 5) is 2.82. The van der Waals surface area contributed by atoms with Crippen molar-refractivity contribution in [3.8, 4) is 0 Å². The molecule has 1 aliphatic heterocycles. The van der Waals surface area contributed by atoms with Crippen molar-refractivity contribution in [2.75, 3.05) is 19.6 Å². The molecular weight excluding hydrogens is 232 g/mol. The van der Waals surface area contributed by atoms with E-state index in [0.717, 1.165) is 12.0 Å². The van der Waals surface area contributed by atoms with Gasteiger partial charge in [-0.15, -0.1) is 0 Å². The molecule has 2 fully saturated rings. The molecule has 1 heterocycles. The molecule has 112 valence electrons. The van der Waals surface area contributed by atoms with E-state index in [1.807, 2.05) is 0 Å². The van der Waals surface area contributed by atoms with Gasteiger partial charge in [0.05, 0.1) is 0 Å². The van der Waals surface area contributed by atoms with Crippen LogP contribution in [0.25, 0.3) is 0 Å². The minimum absolute atomic E-state index is 0.303. The molecule has 0 aromatic carbocycles. The van der Waals surface area contributed by atoms with Crippen molar-refractivity contribution < 1.29 is 0 Å². The fourth-order valence-corrected chi connectivity index (χ4v) is 3.98. The van der Waals surface area contributed by atoms with Crippen LogP contribution in [-0.4, -0.2) is 36.1 Å². The molecule has 1 unspecified atom stereocenters. The van der Waals surface area contributed by atoms with Crippen molar-refractivity contribution in [1.82, 2.24) is 10.2 Å². The van der Waals surface area contributed by atoms with Crippen LogP contribution in [0, 0.1) is 5.92 Å². The zero-order valence-electron chi connectivity index (χ0n) is 13.4. The Kier molecular flexibility index (Phi) is 5.70. The van der Waals surface area contributed by atoms with Gasteiger partial charge in [0.2, 0.25) is 0 Å². The van der Waals surface area contributed by atoms with Crippen LogP contribution in [0.2, 0.25) is 0 Å². The number of nitrogens with zero attached hydrogens (tertiary/aromatic N) is 1. The van der Waals surface area contributed by atoms with Crippen LogP contribution >= 0.6 is 0 Å².